The average Bonchev–Trinajstić information content (AvgIpc) is 2.69. The summed E-state index contributed by atoms with van der Waals surface area (Å²) in [6.07, 6.45) is 4.14. The standard InChI is InChI=1S/C18H18N6O2/c1-2-12-10-21-18-23-15(12)14(3-1)25-9-4-13-11-20-17(26-18)16(22-13)24-7-5-19-6-8-24/h1-3,10-11,19H,4-9H2. The van der Waals surface area contributed by atoms with Gasteiger partial charge in [-0.05, 0) is 6.07 Å². The van der Waals surface area contributed by atoms with Crippen molar-refractivity contribution in [3.8, 4) is 17.6 Å². The molecule has 5 heterocycles. The van der Waals surface area contributed by atoms with Crippen molar-refractivity contribution in [2.75, 3.05) is 37.7 Å². The number of aromatic nitrogens is 4. The molecule has 0 radical (unpaired) electrons. The Morgan fingerprint density at radius 3 is 2.88 bits per heavy atom. The Balaban J connectivity index is 1.61. The molecule has 6 rings (SSSR count). The minimum atomic E-state index is 0.243. The highest BCUT2D eigenvalue weighted by Gasteiger charge is 2.21. The lowest BCUT2D eigenvalue weighted by Gasteiger charge is -2.29. The van der Waals surface area contributed by atoms with Crippen LogP contribution in [-0.4, -0.2) is 52.7 Å². The Hall–Kier alpha value is -3.00. The average molecular weight is 350 g/mol. The highest BCUT2D eigenvalue weighted by atomic mass is 16.5. The van der Waals surface area contributed by atoms with Crippen LogP contribution < -0.4 is 19.7 Å². The fourth-order valence-electron chi connectivity index (χ4n) is 3.21. The van der Waals surface area contributed by atoms with Crippen molar-refractivity contribution in [1.29, 1.82) is 0 Å². The number of anilines is 1. The van der Waals surface area contributed by atoms with Crippen molar-refractivity contribution in [3.63, 3.8) is 0 Å². The fourth-order valence-corrected chi connectivity index (χ4v) is 3.21. The normalized spacial score (nSPS) is 16.7. The van der Waals surface area contributed by atoms with Gasteiger partial charge in [-0.3, -0.25) is 0 Å². The molecule has 3 aliphatic heterocycles. The molecular formula is C18H18N6O2. The highest BCUT2D eigenvalue weighted by molar-refractivity contribution is 5.84. The van der Waals surface area contributed by atoms with E-state index in [1.54, 1.807) is 12.4 Å². The molecule has 0 saturated carbocycles. The Kier molecular flexibility index (Phi) is 3.75. The van der Waals surface area contributed by atoms with Crippen LogP contribution in [-0.2, 0) is 6.42 Å². The fraction of sp³-hybridized carbons (Fsp3) is 0.333. The second kappa shape index (κ2) is 6.38. The van der Waals surface area contributed by atoms with Gasteiger partial charge in [0.25, 0.3) is 5.88 Å². The number of rotatable bonds is 1. The predicted octanol–water partition coefficient (Wildman–Crippen LogP) is 1.56. The van der Waals surface area contributed by atoms with Crippen LogP contribution in [0.15, 0.2) is 30.6 Å². The number of para-hydroxylation sites is 1. The van der Waals surface area contributed by atoms with Crippen molar-refractivity contribution >= 4 is 16.7 Å². The molecule has 0 unspecified atom stereocenters. The Bertz CT molecular complexity index is 958. The molecule has 26 heavy (non-hydrogen) atoms. The van der Waals surface area contributed by atoms with E-state index in [1.165, 1.54) is 0 Å². The maximum atomic E-state index is 5.95. The van der Waals surface area contributed by atoms with Gasteiger partial charge in [0.1, 0.15) is 11.3 Å². The van der Waals surface area contributed by atoms with Crippen molar-refractivity contribution in [3.05, 3.63) is 36.3 Å². The first-order valence-corrected chi connectivity index (χ1v) is 8.75. The summed E-state index contributed by atoms with van der Waals surface area (Å²) in [7, 11) is 0. The second-order valence-electron chi connectivity index (χ2n) is 6.27. The lowest BCUT2D eigenvalue weighted by Crippen LogP contribution is -2.44. The molecule has 0 aliphatic carbocycles. The summed E-state index contributed by atoms with van der Waals surface area (Å²) in [6, 6.07) is 6.04. The largest absolute Gasteiger partial charge is 0.491 e. The molecule has 4 bridgehead atoms. The number of ether oxygens (including phenoxy) is 2. The van der Waals surface area contributed by atoms with E-state index in [0.717, 1.165) is 54.3 Å². The first-order chi connectivity index (χ1) is 12.9. The molecule has 8 nitrogen and oxygen atoms in total. The number of hydrogen-bond donors (Lipinski definition) is 1. The van der Waals surface area contributed by atoms with Crippen LogP contribution in [0.1, 0.15) is 5.69 Å². The first kappa shape index (κ1) is 15.3. The smallest absolute Gasteiger partial charge is 0.324 e. The Labute approximate surface area is 150 Å². The van der Waals surface area contributed by atoms with Crippen LogP contribution in [0, 0.1) is 0 Å². The van der Waals surface area contributed by atoms with Crippen molar-refractivity contribution in [2.24, 2.45) is 0 Å². The zero-order chi connectivity index (χ0) is 17.3. The van der Waals surface area contributed by atoms with Crippen LogP contribution in [0.3, 0.4) is 0 Å². The molecular weight excluding hydrogens is 332 g/mol. The molecule has 3 aliphatic rings. The van der Waals surface area contributed by atoms with E-state index in [9.17, 15) is 0 Å². The van der Waals surface area contributed by atoms with Crippen molar-refractivity contribution in [1.82, 2.24) is 25.3 Å². The third-order valence-electron chi connectivity index (χ3n) is 4.54. The van der Waals surface area contributed by atoms with Gasteiger partial charge in [-0.15, -0.1) is 0 Å². The van der Waals surface area contributed by atoms with Crippen LogP contribution in [0.5, 0.6) is 17.6 Å². The summed E-state index contributed by atoms with van der Waals surface area (Å²) >= 11 is 0. The van der Waals surface area contributed by atoms with Crippen LogP contribution >= 0.6 is 0 Å². The molecule has 132 valence electrons. The molecule has 1 saturated heterocycles. The van der Waals surface area contributed by atoms with E-state index in [0.29, 0.717) is 18.9 Å². The van der Waals surface area contributed by atoms with Gasteiger partial charge in [0, 0.05) is 44.2 Å². The van der Waals surface area contributed by atoms with Gasteiger partial charge in [0.2, 0.25) is 0 Å². The molecule has 1 N–H and O–H groups in total. The van der Waals surface area contributed by atoms with Crippen LogP contribution in [0.25, 0.3) is 10.9 Å². The number of piperazine rings is 1. The maximum absolute atomic E-state index is 5.95. The van der Waals surface area contributed by atoms with Gasteiger partial charge in [0.15, 0.2) is 5.82 Å². The Morgan fingerprint density at radius 2 is 1.96 bits per heavy atom. The first-order valence-electron chi connectivity index (χ1n) is 8.75. The van der Waals surface area contributed by atoms with Crippen molar-refractivity contribution in [2.45, 2.75) is 6.42 Å². The van der Waals surface area contributed by atoms with Gasteiger partial charge in [-0.1, -0.05) is 12.1 Å². The Morgan fingerprint density at radius 1 is 1.04 bits per heavy atom. The number of nitrogens with one attached hydrogen (secondary N) is 1. The predicted molar refractivity (Wildman–Crippen MR) is 95.9 cm³/mol. The number of hydrogen-bond acceptors (Lipinski definition) is 8. The zero-order valence-electron chi connectivity index (χ0n) is 14.2. The second-order valence-corrected chi connectivity index (χ2v) is 6.27. The topological polar surface area (TPSA) is 85.3 Å². The van der Waals surface area contributed by atoms with Crippen molar-refractivity contribution < 1.29 is 9.47 Å². The van der Waals surface area contributed by atoms with Gasteiger partial charge in [-0.2, -0.15) is 4.98 Å². The summed E-state index contributed by atoms with van der Waals surface area (Å²) in [5.74, 6) is 1.90. The molecule has 0 amide bonds. The van der Waals surface area contributed by atoms with Gasteiger partial charge < -0.3 is 19.7 Å². The minimum absolute atomic E-state index is 0.243. The lowest BCUT2D eigenvalue weighted by molar-refractivity contribution is 0.321. The molecule has 0 spiro atoms. The summed E-state index contributed by atoms with van der Waals surface area (Å²) in [5, 5.41) is 4.26. The molecule has 8 heteroatoms. The van der Waals surface area contributed by atoms with Gasteiger partial charge in [0.05, 0.1) is 18.5 Å². The number of benzene rings is 1. The third kappa shape index (κ3) is 2.78. The summed E-state index contributed by atoms with van der Waals surface area (Å²) < 4.78 is 11.9. The molecule has 1 aromatic carbocycles. The quantitative estimate of drug-likeness (QED) is 0.708. The van der Waals surface area contributed by atoms with Crippen LogP contribution in [0.2, 0.25) is 0 Å². The molecule has 2 aromatic heterocycles. The monoisotopic (exact) mass is 350 g/mol. The van der Waals surface area contributed by atoms with Gasteiger partial charge in [-0.25, -0.2) is 15.0 Å². The highest BCUT2D eigenvalue weighted by Crippen LogP contribution is 2.30. The SMILES string of the molecule is c1cc2c3nc(ncc3c1)Oc1ncc(nc1N1CCNCC1)CCO2. The molecule has 0 atom stereocenters. The van der Waals surface area contributed by atoms with E-state index < -0.39 is 0 Å². The van der Waals surface area contributed by atoms with Gasteiger partial charge >= 0.3 is 6.01 Å². The lowest BCUT2D eigenvalue weighted by atomic mass is 10.2. The zero-order valence-corrected chi connectivity index (χ0v) is 14.2. The summed E-state index contributed by atoms with van der Waals surface area (Å²) in [5.41, 5.74) is 1.62. The number of nitrogens with zero attached hydrogens (tertiary/aromatic N) is 5. The van der Waals surface area contributed by atoms with E-state index >= 15 is 0 Å². The summed E-state index contributed by atoms with van der Waals surface area (Å²) in [4.78, 5) is 20.3. The minimum Gasteiger partial charge on any atom is -0.491 e. The van der Waals surface area contributed by atoms with E-state index in [4.69, 9.17) is 14.5 Å². The van der Waals surface area contributed by atoms with E-state index in [2.05, 4.69) is 25.2 Å². The third-order valence-corrected chi connectivity index (χ3v) is 4.54. The number of fused-ring (bicyclic) bond motifs is 4. The maximum Gasteiger partial charge on any atom is 0.324 e. The van der Waals surface area contributed by atoms with Crippen LogP contribution in [0.4, 0.5) is 5.82 Å². The summed E-state index contributed by atoms with van der Waals surface area (Å²) in [6.45, 7) is 4.03. The van der Waals surface area contributed by atoms with E-state index in [-0.39, 0.29) is 6.01 Å². The van der Waals surface area contributed by atoms with E-state index in [1.807, 2.05) is 18.2 Å². The molecule has 1 fully saturated rings. The molecule has 3 aromatic rings.